The molecule has 1 aromatic rings. The summed E-state index contributed by atoms with van der Waals surface area (Å²) in [5.41, 5.74) is 3.48. The lowest BCUT2D eigenvalue weighted by molar-refractivity contribution is 0.479. The molecule has 15 heavy (non-hydrogen) atoms. The lowest BCUT2D eigenvalue weighted by Crippen LogP contribution is -2.05. The van der Waals surface area contributed by atoms with Crippen molar-refractivity contribution in [3.05, 3.63) is 17.0 Å². The number of halogens is 1. The van der Waals surface area contributed by atoms with Gasteiger partial charge in [-0.15, -0.1) is 11.6 Å². The molecule has 0 fully saturated rings. The molecule has 1 aromatic heterocycles. The Kier molecular flexibility index (Phi) is 4.21. The molecule has 0 aliphatic rings. The van der Waals surface area contributed by atoms with Crippen LogP contribution in [0.2, 0.25) is 0 Å². The quantitative estimate of drug-likeness (QED) is 0.716. The van der Waals surface area contributed by atoms with E-state index in [4.69, 9.17) is 11.6 Å². The van der Waals surface area contributed by atoms with Gasteiger partial charge in [0, 0.05) is 17.8 Å². The van der Waals surface area contributed by atoms with E-state index in [1.54, 1.807) is 0 Å². The lowest BCUT2D eigenvalue weighted by atomic mass is 10.1. The van der Waals surface area contributed by atoms with Crippen LogP contribution in [0.4, 0.5) is 0 Å². The molecule has 0 saturated carbocycles. The fourth-order valence-corrected chi connectivity index (χ4v) is 2.20. The molecule has 86 valence electrons. The summed E-state index contributed by atoms with van der Waals surface area (Å²) in [7, 11) is 0. The van der Waals surface area contributed by atoms with Crippen LogP contribution in [0.25, 0.3) is 0 Å². The lowest BCUT2D eigenvalue weighted by Gasteiger charge is -2.08. The molecule has 3 heteroatoms. The molecule has 1 heterocycles. The van der Waals surface area contributed by atoms with Crippen LogP contribution in [0.5, 0.6) is 0 Å². The first-order valence-corrected chi connectivity index (χ1v) is 6.05. The van der Waals surface area contributed by atoms with Gasteiger partial charge in [0.2, 0.25) is 0 Å². The summed E-state index contributed by atoms with van der Waals surface area (Å²) >= 11 is 6.14. The van der Waals surface area contributed by atoms with E-state index in [0.717, 1.165) is 18.7 Å². The predicted molar refractivity (Wildman–Crippen MR) is 65.4 cm³/mol. The largest absolute Gasteiger partial charge is 0.269 e. The number of nitrogens with zero attached hydrogens (tertiary/aromatic N) is 2. The summed E-state index contributed by atoms with van der Waals surface area (Å²) in [5.74, 6) is 0.714. The van der Waals surface area contributed by atoms with E-state index in [1.807, 2.05) is 13.8 Å². The number of hydrogen-bond donors (Lipinski definition) is 0. The highest BCUT2D eigenvalue weighted by molar-refractivity contribution is 6.20. The molecule has 0 N–H and O–H groups in total. The van der Waals surface area contributed by atoms with Crippen molar-refractivity contribution in [3.63, 3.8) is 0 Å². The summed E-state index contributed by atoms with van der Waals surface area (Å²) in [4.78, 5) is 0. The van der Waals surface area contributed by atoms with E-state index in [-0.39, 0.29) is 5.38 Å². The maximum Gasteiger partial charge on any atom is 0.0643 e. The van der Waals surface area contributed by atoms with Gasteiger partial charge in [-0.3, -0.25) is 4.68 Å². The first-order valence-electron chi connectivity index (χ1n) is 5.61. The first-order chi connectivity index (χ1) is 6.93. The highest BCUT2D eigenvalue weighted by atomic mass is 35.5. The fourth-order valence-electron chi connectivity index (χ4n) is 1.88. The monoisotopic (exact) mass is 228 g/mol. The Bertz CT molecular complexity index is 327. The summed E-state index contributed by atoms with van der Waals surface area (Å²) in [5, 5.41) is 4.59. The van der Waals surface area contributed by atoms with Gasteiger partial charge >= 0.3 is 0 Å². The maximum absolute atomic E-state index is 6.14. The molecular weight excluding hydrogens is 208 g/mol. The average molecular weight is 229 g/mol. The SMILES string of the molecule is Cc1nn(CCC(C)C)c(C)c1C(C)Cl. The number of hydrogen-bond acceptors (Lipinski definition) is 1. The summed E-state index contributed by atoms with van der Waals surface area (Å²) in [6, 6.07) is 0. The topological polar surface area (TPSA) is 17.8 Å². The van der Waals surface area contributed by atoms with E-state index in [2.05, 4.69) is 30.6 Å². The van der Waals surface area contributed by atoms with Gasteiger partial charge in [-0.25, -0.2) is 0 Å². The van der Waals surface area contributed by atoms with E-state index < -0.39 is 0 Å². The van der Waals surface area contributed by atoms with Crippen molar-refractivity contribution in [2.24, 2.45) is 5.92 Å². The molecule has 1 unspecified atom stereocenters. The Balaban J connectivity index is 2.87. The number of rotatable bonds is 4. The fraction of sp³-hybridized carbons (Fsp3) is 0.750. The Morgan fingerprint density at radius 2 is 1.87 bits per heavy atom. The highest BCUT2D eigenvalue weighted by Gasteiger charge is 2.15. The Hall–Kier alpha value is -0.500. The third kappa shape index (κ3) is 2.97. The summed E-state index contributed by atoms with van der Waals surface area (Å²) in [6.45, 7) is 11.6. The zero-order chi connectivity index (χ0) is 11.6. The molecule has 0 aliphatic heterocycles. The number of aromatic nitrogens is 2. The normalized spacial score (nSPS) is 13.5. The molecule has 0 bridgehead atoms. The van der Waals surface area contributed by atoms with Crippen LogP contribution in [-0.2, 0) is 6.54 Å². The molecule has 2 nitrogen and oxygen atoms in total. The standard InChI is InChI=1S/C12H21ClN2/c1-8(2)6-7-15-11(5)12(9(3)13)10(4)14-15/h8-9H,6-7H2,1-5H3. The van der Waals surface area contributed by atoms with Gasteiger partial charge in [-0.2, -0.15) is 5.10 Å². The van der Waals surface area contributed by atoms with Crippen molar-refractivity contribution in [3.8, 4) is 0 Å². The third-order valence-electron chi connectivity index (χ3n) is 2.75. The van der Waals surface area contributed by atoms with Crippen LogP contribution in [0, 0.1) is 19.8 Å². The molecule has 0 aliphatic carbocycles. The minimum Gasteiger partial charge on any atom is -0.269 e. The van der Waals surface area contributed by atoms with Crippen molar-refractivity contribution in [1.29, 1.82) is 0 Å². The molecule has 0 radical (unpaired) electrons. The zero-order valence-corrected chi connectivity index (χ0v) is 11.1. The van der Waals surface area contributed by atoms with E-state index in [9.17, 15) is 0 Å². The van der Waals surface area contributed by atoms with E-state index in [1.165, 1.54) is 11.3 Å². The van der Waals surface area contributed by atoms with Gasteiger partial charge in [0.15, 0.2) is 0 Å². The average Bonchev–Trinajstić information content (AvgIpc) is 2.37. The van der Waals surface area contributed by atoms with Gasteiger partial charge in [-0.1, -0.05) is 13.8 Å². The van der Waals surface area contributed by atoms with Crippen molar-refractivity contribution in [2.75, 3.05) is 0 Å². The number of alkyl halides is 1. The molecule has 0 saturated heterocycles. The zero-order valence-electron chi connectivity index (χ0n) is 10.3. The van der Waals surface area contributed by atoms with Gasteiger partial charge in [0.25, 0.3) is 0 Å². The van der Waals surface area contributed by atoms with E-state index >= 15 is 0 Å². The summed E-state index contributed by atoms with van der Waals surface area (Å²) < 4.78 is 2.09. The van der Waals surface area contributed by atoms with Crippen LogP contribution in [-0.4, -0.2) is 9.78 Å². The third-order valence-corrected chi connectivity index (χ3v) is 2.97. The van der Waals surface area contributed by atoms with Gasteiger partial charge in [-0.05, 0) is 33.1 Å². The molecular formula is C12H21ClN2. The van der Waals surface area contributed by atoms with Crippen LogP contribution in [0.3, 0.4) is 0 Å². The first kappa shape index (κ1) is 12.6. The molecule has 0 amide bonds. The second-order valence-electron chi connectivity index (χ2n) is 4.61. The highest BCUT2D eigenvalue weighted by Crippen LogP contribution is 2.26. The maximum atomic E-state index is 6.14. The Labute approximate surface area is 97.6 Å². The van der Waals surface area contributed by atoms with Gasteiger partial charge in [0.1, 0.15) is 0 Å². The van der Waals surface area contributed by atoms with Crippen molar-refractivity contribution in [1.82, 2.24) is 9.78 Å². The Morgan fingerprint density at radius 3 is 2.27 bits per heavy atom. The van der Waals surface area contributed by atoms with Crippen LogP contribution in [0.1, 0.15) is 49.5 Å². The Morgan fingerprint density at radius 1 is 1.27 bits per heavy atom. The number of aryl methyl sites for hydroxylation is 2. The second-order valence-corrected chi connectivity index (χ2v) is 5.26. The van der Waals surface area contributed by atoms with Crippen molar-refractivity contribution >= 4 is 11.6 Å². The van der Waals surface area contributed by atoms with Gasteiger partial charge in [0.05, 0.1) is 11.1 Å². The minimum absolute atomic E-state index is 0.0535. The van der Waals surface area contributed by atoms with Crippen molar-refractivity contribution < 1.29 is 0 Å². The molecule has 0 spiro atoms. The molecule has 1 rings (SSSR count). The second kappa shape index (κ2) is 5.02. The van der Waals surface area contributed by atoms with E-state index in [0.29, 0.717) is 5.92 Å². The van der Waals surface area contributed by atoms with Crippen LogP contribution in [0.15, 0.2) is 0 Å². The van der Waals surface area contributed by atoms with Crippen molar-refractivity contribution in [2.45, 2.75) is 53.0 Å². The minimum atomic E-state index is 0.0535. The van der Waals surface area contributed by atoms with Crippen LogP contribution >= 0.6 is 11.6 Å². The van der Waals surface area contributed by atoms with Gasteiger partial charge < -0.3 is 0 Å². The smallest absolute Gasteiger partial charge is 0.0643 e. The summed E-state index contributed by atoms with van der Waals surface area (Å²) in [6.07, 6.45) is 1.16. The van der Waals surface area contributed by atoms with Crippen LogP contribution < -0.4 is 0 Å². The predicted octanol–water partition coefficient (Wildman–Crippen LogP) is 3.85. The molecule has 1 atom stereocenters. The molecule has 0 aromatic carbocycles.